The third-order valence-electron chi connectivity index (χ3n) is 4.34. The summed E-state index contributed by atoms with van der Waals surface area (Å²) in [6.45, 7) is 3.17. The maximum atomic E-state index is 13.1. The van der Waals surface area contributed by atoms with Crippen molar-refractivity contribution in [3.05, 3.63) is 59.5 Å². The van der Waals surface area contributed by atoms with E-state index in [1.54, 1.807) is 12.3 Å². The second kappa shape index (κ2) is 5.90. The topological polar surface area (TPSA) is 27.3 Å². The van der Waals surface area contributed by atoms with Crippen LogP contribution in [0.3, 0.4) is 0 Å². The van der Waals surface area contributed by atoms with Gasteiger partial charge in [-0.05, 0) is 30.2 Å². The molecule has 2 heterocycles. The van der Waals surface area contributed by atoms with E-state index in [-0.39, 0.29) is 6.04 Å². The van der Waals surface area contributed by atoms with E-state index >= 15 is 0 Å². The molecule has 2 aliphatic heterocycles. The number of nitrogens with zero attached hydrogens (tertiary/aromatic N) is 1. The molecule has 1 aliphatic carbocycles. The van der Waals surface area contributed by atoms with Crippen LogP contribution in [0, 0.1) is 0 Å². The Kier molecular flexibility index (Phi) is 3.97. The zero-order valence-electron chi connectivity index (χ0n) is 12.5. The van der Waals surface area contributed by atoms with E-state index in [4.69, 9.17) is 0 Å². The van der Waals surface area contributed by atoms with Gasteiger partial charge in [0.15, 0.2) is 6.30 Å². The molecule has 0 spiro atoms. The summed E-state index contributed by atoms with van der Waals surface area (Å²) in [7, 11) is 2.12. The Morgan fingerprint density at radius 3 is 2.76 bits per heavy atom. The summed E-state index contributed by atoms with van der Waals surface area (Å²) in [5.74, 6) is 0. The molecule has 0 amide bonds. The van der Waals surface area contributed by atoms with Gasteiger partial charge in [-0.25, -0.2) is 4.39 Å². The highest BCUT2D eigenvalue weighted by Crippen LogP contribution is 2.27. The maximum Gasteiger partial charge on any atom is 0.188 e. The summed E-state index contributed by atoms with van der Waals surface area (Å²) in [6, 6.07) is 0.459. The number of allylic oxidation sites excluding steroid dienone is 2. The quantitative estimate of drug-likeness (QED) is 0.781. The van der Waals surface area contributed by atoms with E-state index in [0.29, 0.717) is 6.04 Å². The lowest BCUT2D eigenvalue weighted by Gasteiger charge is -2.35. The third kappa shape index (κ3) is 2.95. The fourth-order valence-electron chi connectivity index (χ4n) is 2.87. The molecule has 3 aliphatic rings. The van der Waals surface area contributed by atoms with E-state index < -0.39 is 6.30 Å². The SMILES string of the molecule is CCN(C)C1=CC=C2C=C[C@@H](C3=CN[C@H](F)C=C3)N[C@H]2C1. The lowest BCUT2D eigenvalue weighted by Crippen LogP contribution is -2.44. The highest BCUT2D eigenvalue weighted by atomic mass is 19.1. The normalized spacial score (nSPS) is 30.8. The first-order valence-electron chi connectivity index (χ1n) is 7.52. The van der Waals surface area contributed by atoms with Gasteiger partial charge in [0.2, 0.25) is 0 Å². The van der Waals surface area contributed by atoms with Crippen LogP contribution < -0.4 is 10.6 Å². The average molecular weight is 287 g/mol. The Bertz CT molecular complexity index is 556. The minimum atomic E-state index is -1.07. The zero-order valence-corrected chi connectivity index (χ0v) is 12.5. The van der Waals surface area contributed by atoms with Crippen LogP contribution in [0.25, 0.3) is 0 Å². The number of dihydropyridines is 1. The molecule has 4 heteroatoms. The smallest absolute Gasteiger partial charge is 0.188 e. The summed E-state index contributed by atoms with van der Waals surface area (Å²) >= 11 is 0. The minimum absolute atomic E-state index is 0.134. The van der Waals surface area contributed by atoms with Gasteiger partial charge in [0.05, 0.1) is 6.04 Å². The van der Waals surface area contributed by atoms with Gasteiger partial charge in [-0.1, -0.05) is 24.3 Å². The fraction of sp³-hybridized carbons (Fsp3) is 0.412. The molecule has 3 nitrogen and oxygen atoms in total. The molecule has 0 fully saturated rings. The monoisotopic (exact) mass is 287 g/mol. The van der Waals surface area contributed by atoms with Crippen molar-refractivity contribution in [1.82, 2.24) is 15.5 Å². The number of rotatable bonds is 3. The Hall–Kier alpha value is -1.81. The second-order valence-corrected chi connectivity index (χ2v) is 5.67. The van der Waals surface area contributed by atoms with Crippen molar-refractivity contribution in [1.29, 1.82) is 0 Å². The molecule has 3 rings (SSSR count). The molecular formula is C17H22FN3. The average Bonchev–Trinajstić information content (AvgIpc) is 2.53. The number of halogens is 1. The third-order valence-corrected chi connectivity index (χ3v) is 4.34. The van der Waals surface area contributed by atoms with Gasteiger partial charge in [0, 0.05) is 38.0 Å². The molecule has 0 aromatic rings. The highest BCUT2D eigenvalue weighted by molar-refractivity contribution is 5.43. The van der Waals surface area contributed by atoms with Gasteiger partial charge < -0.3 is 10.2 Å². The Balaban J connectivity index is 1.73. The van der Waals surface area contributed by atoms with Crippen molar-refractivity contribution >= 4 is 0 Å². The van der Waals surface area contributed by atoms with Crippen LogP contribution in [0.15, 0.2) is 59.5 Å². The van der Waals surface area contributed by atoms with Gasteiger partial charge in [-0.2, -0.15) is 0 Å². The number of hydrogen-bond donors (Lipinski definition) is 2. The molecule has 0 aromatic carbocycles. The molecular weight excluding hydrogens is 265 g/mol. The van der Waals surface area contributed by atoms with E-state index in [9.17, 15) is 4.39 Å². The number of alkyl halides is 1. The van der Waals surface area contributed by atoms with Crippen molar-refractivity contribution in [2.24, 2.45) is 0 Å². The molecule has 2 N–H and O–H groups in total. The minimum Gasteiger partial charge on any atom is -0.378 e. The van der Waals surface area contributed by atoms with Crippen molar-refractivity contribution in [3.63, 3.8) is 0 Å². The first-order valence-corrected chi connectivity index (χ1v) is 7.52. The van der Waals surface area contributed by atoms with Gasteiger partial charge in [0.25, 0.3) is 0 Å². The Morgan fingerprint density at radius 2 is 2.05 bits per heavy atom. The lowest BCUT2D eigenvalue weighted by atomic mass is 9.89. The van der Waals surface area contributed by atoms with Gasteiger partial charge in [-0.3, -0.25) is 5.32 Å². The molecule has 3 atom stereocenters. The van der Waals surface area contributed by atoms with Crippen molar-refractivity contribution in [3.8, 4) is 0 Å². The molecule has 0 unspecified atom stereocenters. The van der Waals surface area contributed by atoms with Crippen LogP contribution in [0.5, 0.6) is 0 Å². The van der Waals surface area contributed by atoms with Crippen molar-refractivity contribution in [2.75, 3.05) is 13.6 Å². The van der Waals surface area contributed by atoms with Crippen LogP contribution in [0.4, 0.5) is 4.39 Å². The van der Waals surface area contributed by atoms with Gasteiger partial charge in [0.1, 0.15) is 0 Å². The first kappa shape index (κ1) is 14.1. The predicted molar refractivity (Wildman–Crippen MR) is 84.2 cm³/mol. The van der Waals surface area contributed by atoms with Gasteiger partial charge >= 0.3 is 0 Å². The molecule has 0 radical (unpaired) electrons. The van der Waals surface area contributed by atoms with E-state index in [0.717, 1.165) is 18.5 Å². The Morgan fingerprint density at radius 1 is 1.24 bits per heavy atom. The lowest BCUT2D eigenvalue weighted by molar-refractivity contribution is 0.361. The predicted octanol–water partition coefficient (Wildman–Crippen LogP) is 2.39. The second-order valence-electron chi connectivity index (χ2n) is 5.67. The fourth-order valence-corrected chi connectivity index (χ4v) is 2.87. The maximum absolute atomic E-state index is 13.1. The standard InChI is InChI=1S/C17H22FN3/c1-3-21(2)14-7-4-12-5-8-15(20-16(12)10-14)13-6-9-17(18)19-11-13/h4-9,11,15-17,19-20H,3,10H2,1-2H3/t15-,16-,17-/m0/s1. The zero-order chi connectivity index (χ0) is 14.8. The molecule has 0 aromatic heterocycles. The number of fused-ring (bicyclic) bond motifs is 1. The number of hydrogen-bond acceptors (Lipinski definition) is 3. The molecule has 0 bridgehead atoms. The van der Waals surface area contributed by atoms with Crippen LogP contribution in [-0.2, 0) is 0 Å². The summed E-state index contributed by atoms with van der Waals surface area (Å²) in [4.78, 5) is 2.28. The Labute approximate surface area is 125 Å². The van der Waals surface area contributed by atoms with Crippen LogP contribution in [0.2, 0.25) is 0 Å². The van der Waals surface area contributed by atoms with Crippen molar-refractivity contribution < 1.29 is 4.39 Å². The van der Waals surface area contributed by atoms with E-state index in [2.05, 4.69) is 53.8 Å². The van der Waals surface area contributed by atoms with Crippen LogP contribution >= 0.6 is 0 Å². The van der Waals surface area contributed by atoms with Crippen molar-refractivity contribution in [2.45, 2.75) is 31.7 Å². The molecule has 21 heavy (non-hydrogen) atoms. The van der Waals surface area contributed by atoms with Gasteiger partial charge in [-0.15, -0.1) is 0 Å². The first-order chi connectivity index (χ1) is 10.2. The van der Waals surface area contributed by atoms with E-state index in [1.807, 2.05) is 6.08 Å². The summed E-state index contributed by atoms with van der Waals surface area (Å²) in [5.41, 5.74) is 3.73. The highest BCUT2D eigenvalue weighted by Gasteiger charge is 2.26. The summed E-state index contributed by atoms with van der Waals surface area (Å²) in [5, 5.41) is 6.36. The van der Waals surface area contributed by atoms with Crippen LogP contribution in [0.1, 0.15) is 13.3 Å². The van der Waals surface area contributed by atoms with Crippen LogP contribution in [-0.4, -0.2) is 36.9 Å². The molecule has 112 valence electrons. The largest absolute Gasteiger partial charge is 0.378 e. The molecule has 0 saturated carbocycles. The summed E-state index contributed by atoms with van der Waals surface area (Å²) < 4.78 is 13.1. The number of nitrogens with one attached hydrogen (secondary N) is 2. The molecule has 0 saturated heterocycles. The summed E-state index contributed by atoms with van der Waals surface area (Å²) in [6.07, 6.45) is 13.8. The van der Waals surface area contributed by atoms with E-state index in [1.165, 1.54) is 11.3 Å².